The second-order valence-electron chi connectivity index (χ2n) is 7.19. The molecule has 0 spiro atoms. The van der Waals surface area contributed by atoms with E-state index in [0.29, 0.717) is 20.8 Å². The van der Waals surface area contributed by atoms with Crippen molar-refractivity contribution in [3.8, 4) is 10.6 Å². The number of hydrogen-bond acceptors (Lipinski definition) is 5. The Morgan fingerprint density at radius 1 is 1.06 bits per heavy atom. The Bertz CT molecular complexity index is 1050. The summed E-state index contributed by atoms with van der Waals surface area (Å²) < 4.78 is 0. The molecule has 0 fully saturated rings. The van der Waals surface area contributed by atoms with E-state index in [0.717, 1.165) is 17.5 Å². The van der Waals surface area contributed by atoms with E-state index in [9.17, 15) is 9.59 Å². The third-order valence-corrected chi connectivity index (χ3v) is 6.06. The molecule has 0 radical (unpaired) electrons. The van der Waals surface area contributed by atoms with Crippen LogP contribution in [0.25, 0.3) is 10.6 Å². The maximum absolute atomic E-state index is 12.9. The lowest BCUT2D eigenvalue weighted by atomic mass is 9.98. The molecule has 3 rings (SSSR count). The minimum Gasteiger partial charge on any atom is -0.326 e. The Kier molecular flexibility index (Phi) is 7.59. The van der Waals surface area contributed by atoms with Gasteiger partial charge in [0.25, 0.3) is 0 Å². The Labute approximate surface area is 190 Å². The predicted molar refractivity (Wildman–Crippen MR) is 126 cm³/mol. The molecule has 1 aromatic heterocycles. The van der Waals surface area contributed by atoms with Crippen LogP contribution in [0.4, 0.5) is 15.6 Å². The first-order valence-corrected chi connectivity index (χ1v) is 11.1. The van der Waals surface area contributed by atoms with Crippen molar-refractivity contribution in [1.82, 2.24) is 15.5 Å². The molecule has 162 valence electrons. The van der Waals surface area contributed by atoms with Crippen molar-refractivity contribution in [3.05, 3.63) is 59.1 Å². The first-order chi connectivity index (χ1) is 14.9. The van der Waals surface area contributed by atoms with Gasteiger partial charge in [0.05, 0.1) is 0 Å². The Hall–Kier alpha value is -2.97. The average molecular weight is 458 g/mol. The number of anilines is 2. The van der Waals surface area contributed by atoms with E-state index >= 15 is 0 Å². The number of nitrogens with one attached hydrogen (secondary N) is 3. The van der Waals surface area contributed by atoms with E-state index in [2.05, 4.69) is 26.1 Å². The molecule has 9 heteroatoms. The second kappa shape index (κ2) is 10.4. The van der Waals surface area contributed by atoms with Gasteiger partial charge >= 0.3 is 6.03 Å². The van der Waals surface area contributed by atoms with E-state index in [1.165, 1.54) is 11.3 Å². The number of aromatic nitrogens is 2. The molecular weight excluding hydrogens is 434 g/mol. The molecule has 0 saturated heterocycles. The van der Waals surface area contributed by atoms with Crippen molar-refractivity contribution in [2.24, 2.45) is 5.92 Å². The Balaban J connectivity index is 1.68. The molecule has 2 aromatic carbocycles. The summed E-state index contributed by atoms with van der Waals surface area (Å²) >= 11 is 7.18. The zero-order chi connectivity index (χ0) is 22.4. The number of carbonyl (C=O) groups excluding carboxylic acids is 2. The zero-order valence-corrected chi connectivity index (χ0v) is 19.1. The topological polar surface area (TPSA) is 96.0 Å². The molecule has 1 heterocycles. The number of halogens is 1. The fourth-order valence-corrected chi connectivity index (χ4v) is 3.76. The standard InChI is InChI=1S/C22H24ClN5O2S/c1-4-13(2)18(25-21(30)24-17-8-6-5-7-14(17)3)19(29)26-22-28-27-20(31-22)15-9-11-16(23)12-10-15/h5-13,18H,4H2,1-3H3,(H2,24,25,30)(H,26,28,29)/t13-,18+/m0/s1. The molecule has 3 aromatic rings. The molecule has 3 amide bonds. The second-order valence-corrected chi connectivity index (χ2v) is 8.60. The summed E-state index contributed by atoms with van der Waals surface area (Å²) in [6.45, 7) is 5.79. The lowest BCUT2D eigenvalue weighted by molar-refractivity contribution is -0.119. The van der Waals surface area contributed by atoms with Gasteiger partial charge in [0.15, 0.2) is 0 Å². The van der Waals surface area contributed by atoms with Gasteiger partial charge in [0.1, 0.15) is 11.0 Å². The van der Waals surface area contributed by atoms with Crippen molar-refractivity contribution < 1.29 is 9.59 Å². The summed E-state index contributed by atoms with van der Waals surface area (Å²) in [6, 6.07) is 13.5. The van der Waals surface area contributed by atoms with Crippen LogP contribution in [0.1, 0.15) is 25.8 Å². The largest absolute Gasteiger partial charge is 0.326 e. The van der Waals surface area contributed by atoms with E-state index in [1.807, 2.05) is 57.2 Å². The van der Waals surface area contributed by atoms with Gasteiger partial charge in [-0.3, -0.25) is 10.1 Å². The van der Waals surface area contributed by atoms with E-state index in [-0.39, 0.29) is 11.8 Å². The monoisotopic (exact) mass is 457 g/mol. The van der Waals surface area contributed by atoms with Gasteiger partial charge in [0, 0.05) is 16.3 Å². The van der Waals surface area contributed by atoms with Crippen LogP contribution in [0.2, 0.25) is 5.02 Å². The minimum atomic E-state index is -0.725. The van der Waals surface area contributed by atoms with Crippen LogP contribution in [0, 0.1) is 12.8 Å². The summed E-state index contributed by atoms with van der Waals surface area (Å²) in [6.07, 6.45) is 0.717. The van der Waals surface area contributed by atoms with Crippen molar-refractivity contribution in [2.45, 2.75) is 33.2 Å². The molecule has 2 atom stereocenters. The van der Waals surface area contributed by atoms with Crippen LogP contribution >= 0.6 is 22.9 Å². The SMILES string of the molecule is CC[C@H](C)[C@@H](NC(=O)Nc1ccccc1C)C(=O)Nc1nnc(-c2ccc(Cl)cc2)s1. The number of rotatable bonds is 7. The van der Waals surface area contributed by atoms with Gasteiger partial charge in [0.2, 0.25) is 11.0 Å². The highest BCUT2D eigenvalue weighted by Crippen LogP contribution is 2.27. The summed E-state index contributed by atoms with van der Waals surface area (Å²) in [5.74, 6) is -0.417. The van der Waals surface area contributed by atoms with Gasteiger partial charge < -0.3 is 10.6 Å². The number of para-hydroxylation sites is 1. The average Bonchev–Trinajstić information content (AvgIpc) is 3.22. The summed E-state index contributed by atoms with van der Waals surface area (Å²) in [4.78, 5) is 25.5. The lowest BCUT2D eigenvalue weighted by Crippen LogP contribution is -2.49. The van der Waals surface area contributed by atoms with Crippen molar-refractivity contribution in [3.63, 3.8) is 0 Å². The predicted octanol–water partition coefficient (Wildman–Crippen LogP) is 5.34. The normalized spacial score (nSPS) is 12.6. The van der Waals surface area contributed by atoms with E-state index in [1.54, 1.807) is 12.1 Å². The van der Waals surface area contributed by atoms with Gasteiger partial charge in [-0.2, -0.15) is 0 Å². The van der Waals surface area contributed by atoms with Crippen LogP contribution in [0.3, 0.4) is 0 Å². The number of urea groups is 1. The van der Waals surface area contributed by atoms with Gasteiger partial charge in [-0.15, -0.1) is 10.2 Å². The fraction of sp³-hybridized carbons (Fsp3) is 0.273. The number of benzene rings is 2. The van der Waals surface area contributed by atoms with E-state index in [4.69, 9.17) is 11.6 Å². The molecule has 0 bridgehead atoms. The van der Waals surface area contributed by atoms with Crippen LogP contribution in [0.5, 0.6) is 0 Å². The van der Waals surface area contributed by atoms with Crippen molar-refractivity contribution in [1.29, 1.82) is 0 Å². The highest BCUT2D eigenvalue weighted by atomic mass is 35.5. The lowest BCUT2D eigenvalue weighted by Gasteiger charge is -2.23. The smallest absolute Gasteiger partial charge is 0.319 e. The molecule has 0 aliphatic heterocycles. The number of amides is 3. The summed E-state index contributed by atoms with van der Waals surface area (Å²) in [5.41, 5.74) is 2.49. The molecule has 0 saturated carbocycles. The quantitative estimate of drug-likeness (QED) is 0.446. The number of aryl methyl sites for hydroxylation is 1. The molecule has 0 unspecified atom stereocenters. The van der Waals surface area contributed by atoms with Crippen LogP contribution in [0.15, 0.2) is 48.5 Å². The van der Waals surface area contributed by atoms with Crippen LogP contribution in [-0.2, 0) is 4.79 Å². The first kappa shape index (κ1) is 22.7. The highest BCUT2D eigenvalue weighted by molar-refractivity contribution is 7.18. The fourth-order valence-electron chi connectivity index (χ4n) is 2.88. The number of carbonyl (C=O) groups is 2. The van der Waals surface area contributed by atoms with Gasteiger partial charge in [-0.1, -0.05) is 73.5 Å². The number of nitrogens with zero attached hydrogens (tertiary/aromatic N) is 2. The minimum absolute atomic E-state index is 0.0775. The Morgan fingerprint density at radius 2 is 1.77 bits per heavy atom. The summed E-state index contributed by atoms with van der Waals surface area (Å²) in [5, 5.41) is 18.2. The molecule has 3 N–H and O–H groups in total. The Morgan fingerprint density at radius 3 is 2.45 bits per heavy atom. The number of hydrogen-bond donors (Lipinski definition) is 3. The molecule has 31 heavy (non-hydrogen) atoms. The van der Waals surface area contributed by atoms with Crippen LogP contribution in [-0.4, -0.2) is 28.2 Å². The van der Waals surface area contributed by atoms with Crippen LogP contribution < -0.4 is 16.0 Å². The molecule has 0 aliphatic carbocycles. The van der Waals surface area contributed by atoms with Gasteiger partial charge in [-0.05, 0) is 36.6 Å². The van der Waals surface area contributed by atoms with Gasteiger partial charge in [-0.25, -0.2) is 4.79 Å². The van der Waals surface area contributed by atoms with E-state index < -0.39 is 12.1 Å². The molecule has 0 aliphatic rings. The maximum Gasteiger partial charge on any atom is 0.319 e. The van der Waals surface area contributed by atoms with Crippen molar-refractivity contribution >= 4 is 45.7 Å². The third kappa shape index (κ3) is 6.02. The summed E-state index contributed by atoms with van der Waals surface area (Å²) in [7, 11) is 0. The maximum atomic E-state index is 12.9. The molecular formula is C22H24ClN5O2S. The first-order valence-electron chi connectivity index (χ1n) is 9.90. The van der Waals surface area contributed by atoms with Crippen molar-refractivity contribution in [2.75, 3.05) is 10.6 Å². The molecule has 7 nitrogen and oxygen atoms in total. The highest BCUT2D eigenvalue weighted by Gasteiger charge is 2.27. The zero-order valence-electron chi connectivity index (χ0n) is 17.5. The third-order valence-electron chi connectivity index (χ3n) is 4.92.